The lowest BCUT2D eigenvalue weighted by Gasteiger charge is -2.00. The van der Waals surface area contributed by atoms with Crippen LogP contribution in [0.3, 0.4) is 0 Å². The Hall–Kier alpha value is -2.46. The predicted molar refractivity (Wildman–Crippen MR) is 130 cm³/mol. The maximum absolute atomic E-state index is 12.0. The van der Waals surface area contributed by atoms with E-state index in [4.69, 9.17) is 0 Å². The largest absolute Gasteiger partial charge is 0.298 e. The number of anilines is 1. The third-order valence-corrected chi connectivity index (χ3v) is 4.40. The molecule has 0 saturated heterocycles. The number of carbonyl (C=O) groups excluding carboxylic acids is 1. The average Bonchev–Trinajstić information content (AvgIpc) is 3.26. The molecule has 0 radical (unpaired) electrons. The lowest BCUT2D eigenvalue weighted by atomic mass is 10.2. The molecule has 0 saturated carbocycles. The molecule has 1 aromatic heterocycles. The summed E-state index contributed by atoms with van der Waals surface area (Å²) >= 11 is 1.42. The first-order valence-corrected chi connectivity index (χ1v) is 11.4. The number of nitrogens with one attached hydrogen (secondary N) is 1. The SMILES string of the molecule is CC.CC.CCC(C)C.O=C(Nc1nc(-c2ccccc2)cs1)c1ccccc1. The molecule has 1 heterocycles. The Bertz CT molecular complexity index is 768. The van der Waals surface area contributed by atoms with Gasteiger partial charge in [0.2, 0.25) is 0 Å². The Labute approximate surface area is 181 Å². The average molecular weight is 413 g/mol. The van der Waals surface area contributed by atoms with Gasteiger partial charge >= 0.3 is 0 Å². The minimum Gasteiger partial charge on any atom is -0.298 e. The Kier molecular flexibility index (Phi) is 15.1. The summed E-state index contributed by atoms with van der Waals surface area (Å²) < 4.78 is 0. The number of amides is 1. The predicted octanol–water partition coefficient (Wildman–Crippen LogP) is 8.17. The third kappa shape index (κ3) is 10.6. The van der Waals surface area contributed by atoms with Crippen LogP contribution >= 0.6 is 11.3 Å². The summed E-state index contributed by atoms with van der Waals surface area (Å²) in [5.74, 6) is 0.745. The fourth-order valence-corrected chi connectivity index (χ4v) is 2.55. The van der Waals surface area contributed by atoms with Crippen LogP contribution in [-0.4, -0.2) is 10.9 Å². The Balaban J connectivity index is 0.000000752. The van der Waals surface area contributed by atoms with Crippen LogP contribution in [0.5, 0.6) is 0 Å². The van der Waals surface area contributed by atoms with Gasteiger partial charge in [0.1, 0.15) is 0 Å². The van der Waals surface area contributed by atoms with Gasteiger partial charge in [-0.1, -0.05) is 103 Å². The first-order chi connectivity index (χ1) is 14.1. The molecule has 4 heteroatoms. The molecule has 0 bridgehead atoms. The van der Waals surface area contributed by atoms with Gasteiger partial charge in [-0.3, -0.25) is 10.1 Å². The zero-order valence-corrected chi connectivity index (χ0v) is 19.7. The molecule has 3 nitrogen and oxygen atoms in total. The van der Waals surface area contributed by atoms with Crippen molar-refractivity contribution < 1.29 is 4.79 Å². The fourth-order valence-electron chi connectivity index (χ4n) is 1.83. The van der Waals surface area contributed by atoms with Gasteiger partial charge in [-0.25, -0.2) is 4.98 Å². The molecule has 158 valence electrons. The van der Waals surface area contributed by atoms with Crippen LogP contribution in [0, 0.1) is 5.92 Å². The molecule has 3 aromatic rings. The van der Waals surface area contributed by atoms with Crippen LogP contribution in [0.15, 0.2) is 66.0 Å². The first kappa shape index (κ1) is 26.5. The van der Waals surface area contributed by atoms with Crippen molar-refractivity contribution in [2.75, 3.05) is 5.32 Å². The molecule has 0 unspecified atom stereocenters. The molecule has 0 aliphatic heterocycles. The summed E-state index contributed by atoms with van der Waals surface area (Å²) in [7, 11) is 0. The number of carbonyl (C=O) groups is 1. The monoisotopic (exact) mass is 412 g/mol. The van der Waals surface area contributed by atoms with Crippen molar-refractivity contribution in [3.8, 4) is 11.3 Å². The van der Waals surface area contributed by atoms with Crippen LogP contribution < -0.4 is 5.32 Å². The van der Waals surface area contributed by atoms with E-state index >= 15 is 0 Å². The summed E-state index contributed by atoms with van der Waals surface area (Å²) in [5, 5.41) is 5.37. The van der Waals surface area contributed by atoms with Crippen LogP contribution in [0.25, 0.3) is 11.3 Å². The van der Waals surface area contributed by atoms with Gasteiger partial charge in [0.25, 0.3) is 5.91 Å². The van der Waals surface area contributed by atoms with E-state index in [0.717, 1.165) is 17.2 Å². The fraction of sp³-hybridized carbons (Fsp3) is 0.360. The highest BCUT2D eigenvalue weighted by atomic mass is 32.1. The highest BCUT2D eigenvalue weighted by Gasteiger charge is 2.09. The molecule has 0 fully saturated rings. The molecular formula is C25H36N2OS. The second kappa shape index (κ2) is 16.5. The molecule has 0 aliphatic carbocycles. The summed E-state index contributed by atoms with van der Waals surface area (Å²) in [4.78, 5) is 16.4. The van der Waals surface area contributed by atoms with Crippen LogP contribution in [0.4, 0.5) is 5.13 Å². The molecule has 3 rings (SSSR count). The van der Waals surface area contributed by atoms with Crippen LogP contribution in [-0.2, 0) is 0 Å². The van der Waals surface area contributed by atoms with Gasteiger partial charge in [-0.2, -0.15) is 0 Å². The summed E-state index contributed by atoms with van der Waals surface area (Å²) in [5.41, 5.74) is 2.55. The lowest BCUT2D eigenvalue weighted by Crippen LogP contribution is -2.11. The van der Waals surface area contributed by atoms with E-state index in [1.54, 1.807) is 12.1 Å². The normalized spacial score (nSPS) is 9.10. The Morgan fingerprint density at radius 3 is 1.90 bits per heavy atom. The lowest BCUT2D eigenvalue weighted by molar-refractivity contribution is 0.102. The maximum Gasteiger partial charge on any atom is 0.257 e. The quantitative estimate of drug-likeness (QED) is 0.469. The molecule has 1 N–H and O–H groups in total. The van der Waals surface area contributed by atoms with Crippen molar-refractivity contribution in [3.63, 3.8) is 0 Å². The number of rotatable bonds is 4. The highest BCUT2D eigenvalue weighted by Crippen LogP contribution is 2.24. The van der Waals surface area contributed by atoms with Crippen LogP contribution in [0.1, 0.15) is 65.2 Å². The van der Waals surface area contributed by atoms with Crippen molar-refractivity contribution >= 4 is 22.4 Å². The molecule has 0 spiro atoms. The van der Waals surface area contributed by atoms with Crippen molar-refractivity contribution in [1.29, 1.82) is 0 Å². The van der Waals surface area contributed by atoms with E-state index in [2.05, 4.69) is 31.1 Å². The number of hydrogen-bond acceptors (Lipinski definition) is 3. The first-order valence-electron chi connectivity index (χ1n) is 10.5. The van der Waals surface area contributed by atoms with E-state index in [0.29, 0.717) is 10.7 Å². The van der Waals surface area contributed by atoms with Gasteiger partial charge in [-0.15, -0.1) is 11.3 Å². The number of thiazole rings is 1. The third-order valence-electron chi connectivity index (χ3n) is 3.65. The van der Waals surface area contributed by atoms with Crippen molar-refractivity contribution in [2.24, 2.45) is 5.92 Å². The van der Waals surface area contributed by atoms with Crippen molar-refractivity contribution in [2.45, 2.75) is 54.9 Å². The van der Waals surface area contributed by atoms with Crippen molar-refractivity contribution in [3.05, 3.63) is 71.6 Å². The number of hydrogen-bond donors (Lipinski definition) is 1. The van der Waals surface area contributed by atoms with E-state index < -0.39 is 0 Å². The molecule has 0 atom stereocenters. The van der Waals surface area contributed by atoms with E-state index in [-0.39, 0.29) is 5.91 Å². The van der Waals surface area contributed by atoms with Gasteiger partial charge in [0, 0.05) is 16.5 Å². The summed E-state index contributed by atoms with van der Waals surface area (Å²) in [6.45, 7) is 14.6. The standard InChI is InChI=1S/C16H12N2OS.C5H12.2C2H6/c19-15(13-9-5-2-6-10-13)18-16-17-14(11-20-16)12-7-3-1-4-8-12;1-4-5(2)3;2*1-2/h1-11H,(H,17,18,19);5H,4H2,1-3H3;2*1-2H3. The minimum atomic E-state index is -0.139. The van der Waals surface area contributed by atoms with E-state index in [9.17, 15) is 4.79 Å². The molecule has 29 heavy (non-hydrogen) atoms. The zero-order chi connectivity index (χ0) is 22.1. The minimum absolute atomic E-state index is 0.139. The van der Waals surface area contributed by atoms with Crippen molar-refractivity contribution in [1.82, 2.24) is 4.98 Å². The van der Waals surface area contributed by atoms with E-state index in [1.807, 2.05) is 81.6 Å². The Morgan fingerprint density at radius 1 is 0.931 bits per heavy atom. The zero-order valence-electron chi connectivity index (χ0n) is 18.9. The topological polar surface area (TPSA) is 42.0 Å². The maximum atomic E-state index is 12.0. The van der Waals surface area contributed by atoms with Gasteiger partial charge < -0.3 is 0 Å². The van der Waals surface area contributed by atoms with Gasteiger partial charge in [-0.05, 0) is 18.1 Å². The van der Waals surface area contributed by atoms with Crippen LogP contribution in [0.2, 0.25) is 0 Å². The molecular weight excluding hydrogens is 376 g/mol. The summed E-state index contributed by atoms with van der Waals surface area (Å²) in [6, 6.07) is 19.0. The summed E-state index contributed by atoms with van der Waals surface area (Å²) in [6.07, 6.45) is 1.31. The number of benzene rings is 2. The second-order valence-corrected chi connectivity index (χ2v) is 6.88. The Morgan fingerprint density at radius 2 is 1.41 bits per heavy atom. The van der Waals surface area contributed by atoms with Gasteiger partial charge in [0.15, 0.2) is 5.13 Å². The molecule has 0 aliphatic rings. The second-order valence-electron chi connectivity index (χ2n) is 6.03. The highest BCUT2D eigenvalue weighted by molar-refractivity contribution is 7.14. The smallest absolute Gasteiger partial charge is 0.257 e. The van der Waals surface area contributed by atoms with Gasteiger partial charge in [0.05, 0.1) is 5.69 Å². The molecule has 2 aromatic carbocycles. The molecule has 1 amide bonds. The van der Waals surface area contributed by atoms with E-state index in [1.165, 1.54) is 17.8 Å². The number of nitrogens with zero attached hydrogens (tertiary/aromatic N) is 1. The number of aromatic nitrogens is 1.